The average Bonchev–Trinajstić information content (AvgIpc) is 2.77. The minimum absolute atomic E-state index is 0.172. The second-order valence-electron chi connectivity index (χ2n) is 4.57. The molecule has 0 aromatic heterocycles. The molecular formula is C12H13F3N2O3. The lowest BCUT2D eigenvalue weighted by atomic mass is 10.1. The molecule has 0 bridgehead atoms. The molecule has 4 N–H and O–H groups in total. The number of phenolic OH excluding ortho intramolecular Hbond substituents is 1. The van der Waals surface area contributed by atoms with Crippen molar-refractivity contribution in [1.82, 2.24) is 5.32 Å². The Labute approximate surface area is 112 Å². The summed E-state index contributed by atoms with van der Waals surface area (Å²) < 4.78 is 37.6. The molecule has 0 radical (unpaired) electrons. The Hall–Kier alpha value is -1.80. The van der Waals surface area contributed by atoms with Crippen LogP contribution in [0.15, 0.2) is 18.2 Å². The van der Waals surface area contributed by atoms with E-state index in [1.165, 1.54) is 0 Å². The predicted octanol–water partition coefficient (Wildman–Crippen LogP) is 1.07. The van der Waals surface area contributed by atoms with E-state index in [4.69, 9.17) is 0 Å². The second-order valence-corrected chi connectivity index (χ2v) is 4.57. The standard InChI is InChI=1S/C12H13F3N2O3/c13-12(14,15)6-1-2-10(19)8(3-6)17-11(20)9-4-7(18)5-16-9/h1-3,7,9,16,18-19H,4-5H2,(H,17,20). The number of phenols is 1. The van der Waals surface area contributed by atoms with Gasteiger partial charge in [-0.25, -0.2) is 0 Å². The number of rotatable bonds is 2. The van der Waals surface area contributed by atoms with Crippen LogP contribution in [0.25, 0.3) is 0 Å². The van der Waals surface area contributed by atoms with Gasteiger partial charge < -0.3 is 20.8 Å². The Balaban J connectivity index is 2.14. The number of benzene rings is 1. The fourth-order valence-corrected chi connectivity index (χ4v) is 1.95. The van der Waals surface area contributed by atoms with Gasteiger partial charge in [0.15, 0.2) is 0 Å². The molecule has 1 aromatic rings. The van der Waals surface area contributed by atoms with Crippen molar-refractivity contribution in [3.05, 3.63) is 23.8 Å². The number of β-amino-alcohol motifs (C(OH)–C–C–N with tert-alkyl or cyclic N) is 1. The van der Waals surface area contributed by atoms with Crippen LogP contribution in [0.2, 0.25) is 0 Å². The van der Waals surface area contributed by atoms with Crippen LogP contribution in [0.1, 0.15) is 12.0 Å². The van der Waals surface area contributed by atoms with Crippen molar-refractivity contribution in [2.75, 3.05) is 11.9 Å². The molecule has 20 heavy (non-hydrogen) atoms. The van der Waals surface area contributed by atoms with Gasteiger partial charge in [0.25, 0.3) is 0 Å². The quantitative estimate of drug-likeness (QED) is 0.614. The number of amides is 1. The van der Waals surface area contributed by atoms with Crippen LogP contribution >= 0.6 is 0 Å². The molecule has 0 aliphatic carbocycles. The van der Waals surface area contributed by atoms with Crippen molar-refractivity contribution in [2.24, 2.45) is 0 Å². The van der Waals surface area contributed by atoms with E-state index in [1.54, 1.807) is 0 Å². The Morgan fingerprint density at radius 3 is 2.65 bits per heavy atom. The van der Waals surface area contributed by atoms with Crippen LogP contribution in [0.5, 0.6) is 5.75 Å². The zero-order valence-electron chi connectivity index (χ0n) is 10.2. The number of alkyl halides is 3. The summed E-state index contributed by atoms with van der Waals surface area (Å²) in [6.45, 7) is 0.243. The van der Waals surface area contributed by atoms with Crippen LogP contribution in [0.3, 0.4) is 0 Å². The molecule has 110 valence electrons. The van der Waals surface area contributed by atoms with Gasteiger partial charge in [0.1, 0.15) is 5.75 Å². The van der Waals surface area contributed by atoms with Crippen molar-refractivity contribution >= 4 is 11.6 Å². The molecule has 1 aromatic carbocycles. The van der Waals surface area contributed by atoms with Gasteiger partial charge >= 0.3 is 6.18 Å². The molecule has 1 amide bonds. The third kappa shape index (κ3) is 3.20. The van der Waals surface area contributed by atoms with E-state index < -0.39 is 35.5 Å². The fourth-order valence-electron chi connectivity index (χ4n) is 1.95. The van der Waals surface area contributed by atoms with Crippen molar-refractivity contribution in [2.45, 2.75) is 24.7 Å². The maximum Gasteiger partial charge on any atom is 0.416 e. The summed E-state index contributed by atoms with van der Waals surface area (Å²) in [5.74, 6) is -1.05. The van der Waals surface area contributed by atoms with Crippen molar-refractivity contribution < 1.29 is 28.2 Å². The third-order valence-electron chi connectivity index (χ3n) is 3.01. The van der Waals surface area contributed by atoms with Crippen molar-refractivity contribution in [3.63, 3.8) is 0 Å². The number of hydrogen-bond acceptors (Lipinski definition) is 4. The first-order valence-electron chi connectivity index (χ1n) is 5.90. The summed E-state index contributed by atoms with van der Waals surface area (Å²) in [5, 5.41) is 23.7. The summed E-state index contributed by atoms with van der Waals surface area (Å²) in [5.41, 5.74) is -1.28. The van der Waals surface area contributed by atoms with Gasteiger partial charge in [0.2, 0.25) is 5.91 Å². The highest BCUT2D eigenvalue weighted by molar-refractivity contribution is 5.96. The third-order valence-corrected chi connectivity index (χ3v) is 3.01. The van der Waals surface area contributed by atoms with Crippen LogP contribution in [0, 0.1) is 0 Å². The number of carbonyl (C=O) groups is 1. The minimum Gasteiger partial charge on any atom is -0.506 e. The van der Waals surface area contributed by atoms with E-state index in [2.05, 4.69) is 10.6 Å². The number of aliphatic hydroxyl groups is 1. The smallest absolute Gasteiger partial charge is 0.416 e. The van der Waals surface area contributed by atoms with Crippen molar-refractivity contribution in [1.29, 1.82) is 0 Å². The number of aliphatic hydroxyl groups excluding tert-OH is 1. The van der Waals surface area contributed by atoms with E-state index in [0.717, 1.165) is 12.1 Å². The number of nitrogens with one attached hydrogen (secondary N) is 2. The lowest BCUT2D eigenvalue weighted by molar-refractivity contribution is -0.137. The summed E-state index contributed by atoms with van der Waals surface area (Å²) in [7, 11) is 0. The largest absolute Gasteiger partial charge is 0.506 e. The number of hydrogen-bond donors (Lipinski definition) is 4. The first-order chi connectivity index (χ1) is 9.27. The Morgan fingerprint density at radius 2 is 2.10 bits per heavy atom. The average molecular weight is 290 g/mol. The van der Waals surface area contributed by atoms with E-state index in [-0.39, 0.29) is 18.7 Å². The monoisotopic (exact) mass is 290 g/mol. The van der Waals surface area contributed by atoms with Gasteiger partial charge in [-0.3, -0.25) is 4.79 Å². The Morgan fingerprint density at radius 1 is 1.40 bits per heavy atom. The summed E-state index contributed by atoms with van der Waals surface area (Å²) in [4.78, 5) is 11.8. The lowest BCUT2D eigenvalue weighted by Crippen LogP contribution is -2.35. The SMILES string of the molecule is O=C(Nc1cc(C(F)(F)F)ccc1O)C1CC(O)CN1. The predicted molar refractivity (Wildman–Crippen MR) is 64.2 cm³/mol. The van der Waals surface area contributed by atoms with Gasteiger partial charge in [0.05, 0.1) is 23.4 Å². The molecule has 1 saturated heterocycles. The van der Waals surface area contributed by atoms with Gasteiger partial charge in [-0.1, -0.05) is 0 Å². The molecule has 8 heteroatoms. The van der Waals surface area contributed by atoms with Crippen molar-refractivity contribution in [3.8, 4) is 5.75 Å². The fraction of sp³-hybridized carbons (Fsp3) is 0.417. The van der Waals surface area contributed by atoms with Crippen LogP contribution in [-0.2, 0) is 11.0 Å². The van der Waals surface area contributed by atoms with Gasteiger partial charge in [-0.05, 0) is 24.6 Å². The zero-order chi connectivity index (χ0) is 14.9. The van der Waals surface area contributed by atoms with Crippen LogP contribution in [0.4, 0.5) is 18.9 Å². The van der Waals surface area contributed by atoms with E-state index >= 15 is 0 Å². The van der Waals surface area contributed by atoms with Gasteiger partial charge in [-0.15, -0.1) is 0 Å². The summed E-state index contributed by atoms with van der Waals surface area (Å²) in [6.07, 6.45) is -5.05. The molecule has 2 rings (SSSR count). The van der Waals surface area contributed by atoms with Crippen LogP contribution in [-0.4, -0.2) is 34.8 Å². The molecule has 2 atom stereocenters. The molecular weight excluding hydrogens is 277 g/mol. The summed E-state index contributed by atoms with van der Waals surface area (Å²) >= 11 is 0. The first-order valence-corrected chi connectivity index (χ1v) is 5.90. The number of aromatic hydroxyl groups is 1. The Bertz CT molecular complexity index is 519. The van der Waals surface area contributed by atoms with E-state index in [9.17, 15) is 28.2 Å². The minimum atomic E-state index is -4.56. The highest BCUT2D eigenvalue weighted by atomic mass is 19.4. The topological polar surface area (TPSA) is 81.6 Å². The summed E-state index contributed by atoms with van der Waals surface area (Å²) in [6, 6.07) is 1.57. The molecule has 5 nitrogen and oxygen atoms in total. The van der Waals surface area contributed by atoms with Gasteiger partial charge in [-0.2, -0.15) is 13.2 Å². The molecule has 1 aliphatic heterocycles. The number of anilines is 1. The van der Waals surface area contributed by atoms with Crippen LogP contribution < -0.4 is 10.6 Å². The zero-order valence-corrected chi connectivity index (χ0v) is 10.2. The van der Waals surface area contributed by atoms with Gasteiger partial charge in [0, 0.05) is 6.54 Å². The normalized spacial score (nSPS) is 22.8. The second kappa shape index (κ2) is 5.29. The molecule has 2 unspecified atom stereocenters. The highest BCUT2D eigenvalue weighted by Gasteiger charge is 2.32. The molecule has 0 saturated carbocycles. The molecule has 1 fully saturated rings. The maximum absolute atomic E-state index is 12.5. The first kappa shape index (κ1) is 14.6. The molecule has 1 aliphatic rings. The lowest BCUT2D eigenvalue weighted by Gasteiger charge is -2.14. The number of halogens is 3. The highest BCUT2D eigenvalue weighted by Crippen LogP contribution is 2.34. The van der Waals surface area contributed by atoms with E-state index in [0.29, 0.717) is 6.07 Å². The molecule has 0 spiro atoms. The molecule has 1 heterocycles. The van der Waals surface area contributed by atoms with E-state index in [1.807, 2.05) is 0 Å². The maximum atomic E-state index is 12.5. The number of carbonyl (C=O) groups excluding carboxylic acids is 1. The Kier molecular flexibility index (Phi) is 3.87.